The van der Waals surface area contributed by atoms with Gasteiger partial charge in [0, 0.05) is 12.0 Å². The molecule has 0 saturated heterocycles. The molecule has 5 nitrogen and oxygen atoms in total. The van der Waals surface area contributed by atoms with Crippen LogP contribution in [0.5, 0.6) is 0 Å². The van der Waals surface area contributed by atoms with Crippen molar-refractivity contribution in [1.82, 2.24) is 15.5 Å². The highest BCUT2D eigenvalue weighted by Crippen LogP contribution is 2.17. The fourth-order valence-corrected chi connectivity index (χ4v) is 2.20. The van der Waals surface area contributed by atoms with Crippen LogP contribution in [0.3, 0.4) is 0 Å². The molecule has 1 N–H and O–H groups in total. The molecule has 0 aliphatic rings. The fourth-order valence-electron chi connectivity index (χ4n) is 2.20. The Morgan fingerprint density at radius 1 is 1.08 bits per heavy atom. The van der Waals surface area contributed by atoms with Gasteiger partial charge in [-0.05, 0) is 36.2 Å². The molecule has 0 radical (unpaired) electrons. The van der Waals surface area contributed by atoms with E-state index in [2.05, 4.69) is 15.5 Å². The summed E-state index contributed by atoms with van der Waals surface area (Å²) in [5.74, 6) is 0.266. The largest absolute Gasteiger partial charge is 0.349 e. The molecule has 0 fully saturated rings. The van der Waals surface area contributed by atoms with Gasteiger partial charge in [0.05, 0.1) is 6.54 Å². The van der Waals surface area contributed by atoms with Crippen molar-refractivity contribution in [1.29, 1.82) is 0 Å². The average Bonchev–Trinajstić information content (AvgIpc) is 3.09. The van der Waals surface area contributed by atoms with Crippen LogP contribution in [0, 0.1) is 5.82 Å². The van der Waals surface area contributed by atoms with Crippen molar-refractivity contribution in [2.75, 3.05) is 0 Å². The van der Waals surface area contributed by atoms with E-state index >= 15 is 0 Å². The van der Waals surface area contributed by atoms with E-state index in [1.165, 1.54) is 12.1 Å². The Balaban J connectivity index is 1.50. The van der Waals surface area contributed by atoms with E-state index in [1.807, 2.05) is 30.3 Å². The van der Waals surface area contributed by atoms with Crippen LogP contribution in [0.2, 0.25) is 0 Å². The minimum atomic E-state index is -0.329. The molecule has 0 unspecified atom stereocenters. The van der Waals surface area contributed by atoms with Crippen molar-refractivity contribution in [3.63, 3.8) is 0 Å². The van der Waals surface area contributed by atoms with Gasteiger partial charge in [-0.15, -0.1) is 0 Å². The third-order valence-electron chi connectivity index (χ3n) is 3.49. The van der Waals surface area contributed by atoms with Gasteiger partial charge in [-0.3, -0.25) is 4.79 Å². The normalized spacial score (nSPS) is 10.5. The Bertz CT molecular complexity index is 801. The van der Waals surface area contributed by atoms with Crippen molar-refractivity contribution in [3.05, 3.63) is 71.8 Å². The van der Waals surface area contributed by atoms with Gasteiger partial charge in [0.1, 0.15) is 5.82 Å². The Morgan fingerprint density at radius 2 is 1.83 bits per heavy atom. The van der Waals surface area contributed by atoms with Crippen molar-refractivity contribution in [3.8, 4) is 11.5 Å². The zero-order chi connectivity index (χ0) is 16.8. The summed E-state index contributed by atoms with van der Waals surface area (Å²) in [4.78, 5) is 16.1. The van der Waals surface area contributed by atoms with Crippen LogP contribution in [0.4, 0.5) is 4.39 Å². The molecule has 0 spiro atoms. The lowest BCUT2D eigenvalue weighted by Gasteiger charge is -2.02. The predicted octanol–water partition coefficient (Wildman–Crippen LogP) is 3.12. The highest BCUT2D eigenvalue weighted by atomic mass is 19.1. The predicted molar refractivity (Wildman–Crippen MR) is 86.3 cm³/mol. The second-order valence-electron chi connectivity index (χ2n) is 5.28. The summed E-state index contributed by atoms with van der Waals surface area (Å²) in [5, 5.41) is 6.57. The lowest BCUT2D eigenvalue weighted by Crippen LogP contribution is -2.23. The maximum atomic E-state index is 12.9. The third kappa shape index (κ3) is 4.25. The fraction of sp³-hybridized carbons (Fsp3) is 0.167. The summed E-state index contributed by atoms with van der Waals surface area (Å²) in [6.45, 7) is 0.193. The van der Waals surface area contributed by atoms with Crippen molar-refractivity contribution in [2.24, 2.45) is 0 Å². The highest BCUT2D eigenvalue weighted by Gasteiger charge is 2.10. The van der Waals surface area contributed by atoms with E-state index in [9.17, 15) is 9.18 Å². The molecule has 0 aliphatic heterocycles. The lowest BCUT2D eigenvalue weighted by molar-refractivity contribution is -0.121. The van der Waals surface area contributed by atoms with Gasteiger partial charge in [-0.2, -0.15) is 4.98 Å². The van der Waals surface area contributed by atoms with Gasteiger partial charge in [0.25, 0.3) is 5.89 Å². The topological polar surface area (TPSA) is 68.0 Å². The Morgan fingerprint density at radius 3 is 2.58 bits per heavy atom. The monoisotopic (exact) mass is 325 g/mol. The Labute approximate surface area is 138 Å². The molecule has 3 rings (SSSR count). The number of amides is 1. The number of nitrogens with zero attached hydrogens (tertiary/aromatic N) is 2. The van der Waals surface area contributed by atoms with Gasteiger partial charge in [0.15, 0.2) is 5.82 Å². The number of aromatic nitrogens is 2. The van der Waals surface area contributed by atoms with E-state index < -0.39 is 0 Å². The van der Waals surface area contributed by atoms with Crippen LogP contribution in [0.15, 0.2) is 59.1 Å². The average molecular weight is 325 g/mol. The molecule has 3 aromatic rings. The molecule has 0 bridgehead atoms. The van der Waals surface area contributed by atoms with Crippen molar-refractivity contribution in [2.45, 2.75) is 19.4 Å². The minimum Gasteiger partial charge on any atom is -0.349 e. The lowest BCUT2D eigenvalue weighted by atomic mass is 10.1. The maximum absolute atomic E-state index is 12.9. The van der Waals surface area contributed by atoms with E-state index in [0.717, 1.165) is 5.56 Å². The molecule has 2 aromatic carbocycles. The number of aryl methyl sites for hydroxylation is 1. The van der Waals surface area contributed by atoms with Crippen molar-refractivity contribution < 1.29 is 13.7 Å². The summed E-state index contributed by atoms with van der Waals surface area (Å²) < 4.78 is 18.0. The first-order valence-corrected chi connectivity index (χ1v) is 7.60. The molecule has 0 saturated carbocycles. The number of hydrogen-bond acceptors (Lipinski definition) is 4. The Kier molecular flexibility index (Phi) is 4.96. The molecule has 1 amide bonds. The zero-order valence-corrected chi connectivity index (χ0v) is 12.9. The molecule has 24 heavy (non-hydrogen) atoms. The number of rotatable bonds is 6. The molecule has 0 atom stereocenters. The molecule has 1 aromatic heterocycles. The standard InChI is InChI=1S/C18H16FN3O2/c19-15-9-7-14(8-10-15)18-21-16(22-24-18)12-20-17(23)11-6-13-4-2-1-3-5-13/h1-5,7-10H,6,11-12H2,(H,20,23). The van der Waals surface area contributed by atoms with E-state index in [-0.39, 0.29) is 18.3 Å². The smallest absolute Gasteiger partial charge is 0.257 e. The SMILES string of the molecule is O=C(CCc1ccccc1)NCc1noc(-c2ccc(F)cc2)n1. The van der Waals surface area contributed by atoms with Gasteiger partial charge in [0.2, 0.25) is 5.91 Å². The highest BCUT2D eigenvalue weighted by molar-refractivity contribution is 5.76. The van der Waals surface area contributed by atoms with Gasteiger partial charge in [-0.1, -0.05) is 35.5 Å². The van der Waals surface area contributed by atoms with Gasteiger partial charge < -0.3 is 9.84 Å². The number of nitrogens with one attached hydrogen (secondary N) is 1. The maximum Gasteiger partial charge on any atom is 0.257 e. The van der Waals surface area contributed by atoms with E-state index in [1.54, 1.807) is 12.1 Å². The summed E-state index contributed by atoms with van der Waals surface area (Å²) in [6.07, 6.45) is 1.08. The molecular formula is C18H16FN3O2. The summed E-state index contributed by atoms with van der Waals surface area (Å²) in [7, 11) is 0. The quantitative estimate of drug-likeness (QED) is 0.756. The van der Waals surface area contributed by atoms with Crippen LogP contribution >= 0.6 is 0 Å². The molecular weight excluding hydrogens is 309 g/mol. The van der Waals surface area contributed by atoms with Crippen LogP contribution in [0.1, 0.15) is 17.8 Å². The number of carbonyl (C=O) groups excluding carboxylic acids is 1. The third-order valence-corrected chi connectivity index (χ3v) is 3.49. The first kappa shape index (κ1) is 15.9. The summed E-state index contributed by atoms with van der Waals surface area (Å²) >= 11 is 0. The zero-order valence-electron chi connectivity index (χ0n) is 12.9. The van der Waals surface area contributed by atoms with E-state index in [4.69, 9.17) is 4.52 Å². The summed E-state index contributed by atoms with van der Waals surface area (Å²) in [5.41, 5.74) is 1.75. The van der Waals surface area contributed by atoms with E-state index in [0.29, 0.717) is 30.1 Å². The number of benzene rings is 2. The summed E-state index contributed by atoms with van der Waals surface area (Å²) in [6, 6.07) is 15.6. The molecule has 0 aliphatic carbocycles. The van der Waals surface area contributed by atoms with Crippen LogP contribution in [-0.2, 0) is 17.8 Å². The first-order chi connectivity index (χ1) is 11.7. The molecule has 6 heteroatoms. The Hall–Kier alpha value is -3.02. The van der Waals surface area contributed by atoms with Crippen LogP contribution in [-0.4, -0.2) is 16.0 Å². The van der Waals surface area contributed by atoms with Crippen LogP contribution < -0.4 is 5.32 Å². The molecule has 122 valence electrons. The number of carbonyl (C=O) groups is 1. The van der Waals surface area contributed by atoms with Gasteiger partial charge in [-0.25, -0.2) is 4.39 Å². The molecule has 1 heterocycles. The number of hydrogen-bond donors (Lipinski definition) is 1. The second-order valence-corrected chi connectivity index (χ2v) is 5.28. The minimum absolute atomic E-state index is 0.0769. The van der Waals surface area contributed by atoms with Crippen molar-refractivity contribution >= 4 is 5.91 Å². The first-order valence-electron chi connectivity index (χ1n) is 7.60. The van der Waals surface area contributed by atoms with Crippen LogP contribution in [0.25, 0.3) is 11.5 Å². The number of halogens is 1. The second kappa shape index (κ2) is 7.50. The van der Waals surface area contributed by atoms with Gasteiger partial charge >= 0.3 is 0 Å².